The van der Waals surface area contributed by atoms with Crippen molar-refractivity contribution in [1.82, 2.24) is 14.9 Å². The Labute approximate surface area is 121 Å². The highest BCUT2D eigenvalue weighted by Crippen LogP contribution is 2.27. The largest absolute Gasteiger partial charge is 0.349 e. The quantitative estimate of drug-likeness (QED) is 0.593. The summed E-state index contributed by atoms with van der Waals surface area (Å²) in [6.07, 6.45) is 1.40. The predicted molar refractivity (Wildman–Crippen MR) is 78.7 cm³/mol. The van der Waals surface area contributed by atoms with E-state index in [1.807, 2.05) is 13.8 Å². The molecule has 0 saturated heterocycles. The highest BCUT2D eigenvalue weighted by molar-refractivity contribution is 9.10. The van der Waals surface area contributed by atoms with Gasteiger partial charge >= 0.3 is 0 Å². The van der Waals surface area contributed by atoms with Gasteiger partial charge in [0.1, 0.15) is 16.6 Å². The van der Waals surface area contributed by atoms with Gasteiger partial charge in [-0.05, 0) is 29.8 Å². The summed E-state index contributed by atoms with van der Waals surface area (Å²) in [5.74, 6) is 6.50. The van der Waals surface area contributed by atoms with Gasteiger partial charge in [-0.2, -0.15) is 0 Å². The van der Waals surface area contributed by atoms with Crippen molar-refractivity contribution in [3.05, 3.63) is 10.8 Å². The van der Waals surface area contributed by atoms with Crippen LogP contribution in [0.2, 0.25) is 0 Å². The fourth-order valence-electron chi connectivity index (χ4n) is 1.68. The van der Waals surface area contributed by atoms with Gasteiger partial charge in [0.15, 0.2) is 5.82 Å². The molecular formula is C11H19BrN6O. The molecule has 19 heavy (non-hydrogen) atoms. The number of nitrogen functional groups attached to an aromatic ring is 1. The van der Waals surface area contributed by atoms with E-state index in [0.29, 0.717) is 29.2 Å². The van der Waals surface area contributed by atoms with Gasteiger partial charge in [0, 0.05) is 20.1 Å². The molecular weight excluding hydrogens is 312 g/mol. The second kappa shape index (κ2) is 7.25. The van der Waals surface area contributed by atoms with Crippen LogP contribution in [0.25, 0.3) is 0 Å². The van der Waals surface area contributed by atoms with Crippen LogP contribution in [-0.2, 0) is 4.79 Å². The van der Waals surface area contributed by atoms with Crippen LogP contribution in [0.1, 0.15) is 13.8 Å². The first-order valence-corrected chi connectivity index (χ1v) is 6.80. The van der Waals surface area contributed by atoms with Crippen LogP contribution in [-0.4, -0.2) is 47.5 Å². The monoisotopic (exact) mass is 330 g/mol. The summed E-state index contributed by atoms with van der Waals surface area (Å²) in [5, 5.41) is 0. The third-order valence-electron chi connectivity index (χ3n) is 2.76. The number of aromatic nitrogens is 2. The molecule has 0 aromatic carbocycles. The molecule has 3 N–H and O–H groups in total. The van der Waals surface area contributed by atoms with Crippen molar-refractivity contribution in [3.8, 4) is 0 Å². The van der Waals surface area contributed by atoms with Gasteiger partial charge in [0.2, 0.25) is 5.91 Å². The van der Waals surface area contributed by atoms with Crippen LogP contribution in [0.15, 0.2) is 10.8 Å². The van der Waals surface area contributed by atoms with Crippen LogP contribution >= 0.6 is 15.9 Å². The number of rotatable bonds is 6. The maximum Gasteiger partial charge on any atom is 0.242 e. The van der Waals surface area contributed by atoms with Crippen LogP contribution in [0.5, 0.6) is 0 Å². The van der Waals surface area contributed by atoms with Gasteiger partial charge in [-0.15, -0.1) is 0 Å². The van der Waals surface area contributed by atoms with Crippen LogP contribution in [0, 0.1) is 0 Å². The highest BCUT2D eigenvalue weighted by atomic mass is 79.9. The Hall–Kier alpha value is -1.41. The molecule has 0 aliphatic rings. The van der Waals surface area contributed by atoms with Gasteiger partial charge < -0.3 is 15.2 Å². The Morgan fingerprint density at radius 2 is 2.05 bits per heavy atom. The Morgan fingerprint density at radius 1 is 1.42 bits per heavy atom. The third kappa shape index (κ3) is 3.77. The number of anilines is 2. The number of hydrogen-bond acceptors (Lipinski definition) is 6. The summed E-state index contributed by atoms with van der Waals surface area (Å²) >= 11 is 3.37. The van der Waals surface area contributed by atoms with E-state index in [1.54, 1.807) is 16.8 Å². The SMILES string of the molecule is CCN(CC)C(=O)CN(C)c1ncnc(NN)c1Br. The first-order chi connectivity index (χ1) is 9.04. The van der Waals surface area contributed by atoms with Gasteiger partial charge in [-0.25, -0.2) is 15.8 Å². The lowest BCUT2D eigenvalue weighted by Gasteiger charge is -2.24. The molecule has 0 saturated carbocycles. The highest BCUT2D eigenvalue weighted by Gasteiger charge is 2.17. The second-order valence-electron chi connectivity index (χ2n) is 3.93. The topological polar surface area (TPSA) is 87.4 Å². The van der Waals surface area contributed by atoms with E-state index in [4.69, 9.17) is 5.84 Å². The normalized spacial score (nSPS) is 10.2. The van der Waals surface area contributed by atoms with E-state index in [2.05, 4.69) is 31.3 Å². The third-order valence-corrected chi connectivity index (χ3v) is 3.49. The zero-order valence-corrected chi connectivity index (χ0v) is 12.9. The van der Waals surface area contributed by atoms with Crippen molar-refractivity contribution in [3.63, 3.8) is 0 Å². The van der Waals surface area contributed by atoms with Crippen molar-refractivity contribution < 1.29 is 4.79 Å². The minimum Gasteiger partial charge on any atom is -0.349 e. The molecule has 0 spiro atoms. The first kappa shape index (κ1) is 15.6. The number of hydrogen-bond donors (Lipinski definition) is 2. The minimum atomic E-state index is 0.0558. The van der Waals surface area contributed by atoms with E-state index in [9.17, 15) is 4.79 Å². The molecule has 1 aromatic rings. The zero-order valence-electron chi connectivity index (χ0n) is 11.4. The molecule has 8 heteroatoms. The number of nitrogens with zero attached hydrogens (tertiary/aromatic N) is 4. The molecule has 0 aliphatic heterocycles. The first-order valence-electron chi connectivity index (χ1n) is 6.01. The maximum absolute atomic E-state index is 12.0. The van der Waals surface area contributed by atoms with E-state index in [-0.39, 0.29) is 12.5 Å². The maximum atomic E-state index is 12.0. The second-order valence-corrected chi connectivity index (χ2v) is 4.72. The molecule has 7 nitrogen and oxygen atoms in total. The lowest BCUT2D eigenvalue weighted by Crippen LogP contribution is -2.39. The summed E-state index contributed by atoms with van der Waals surface area (Å²) in [5.41, 5.74) is 2.47. The number of carbonyl (C=O) groups is 1. The molecule has 0 atom stereocenters. The summed E-state index contributed by atoms with van der Waals surface area (Å²) < 4.78 is 0.632. The standard InChI is InChI=1S/C11H19BrN6O/c1-4-18(5-2)8(19)6-17(3)11-9(12)10(16-13)14-7-15-11/h7H,4-6,13H2,1-3H3,(H,14,15,16). The smallest absolute Gasteiger partial charge is 0.242 e. The average molecular weight is 331 g/mol. The van der Waals surface area contributed by atoms with E-state index in [0.717, 1.165) is 0 Å². The Bertz CT molecular complexity index is 437. The Morgan fingerprint density at radius 3 is 2.58 bits per heavy atom. The van der Waals surface area contributed by atoms with Gasteiger partial charge in [0.25, 0.3) is 0 Å². The summed E-state index contributed by atoms with van der Waals surface area (Å²) in [6.45, 7) is 5.56. The minimum absolute atomic E-state index is 0.0558. The van der Waals surface area contributed by atoms with Crippen LogP contribution in [0.3, 0.4) is 0 Å². The van der Waals surface area contributed by atoms with Crippen molar-refractivity contribution in [2.45, 2.75) is 13.8 Å². The van der Waals surface area contributed by atoms with E-state index < -0.39 is 0 Å². The number of halogens is 1. The fraction of sp³-hybridized carbons (Fsp3) is 0.545. The zero-order chi connectivity index (χ0) is 14.4. The van der Waals surface area contributed by atoms with Crippen molar-refractivity contribution in [1.29, 1.82) is 0 Å². The average Bonchev–Trinajstić information content (AvgIpc) is 2.40. The molecule has 0 radical (unpaired) electrons. The van der Waals surface area contributed by atoms with E-state index >= 15 is 0 Å². The van der Waals surface area contributed by atoms with Crippen molar-refractivity contribution >= 4 is 33.5 Å². The number of carbonyl (C=O) groups excluding carboxylic acids is 1. The molecule has 0 bridgehead atoms. The number of likely N-dealkylation sites (N-methyl/N-ethyl adjacent to an activating group) is 2. The van der Waals surface area contributed by atoms with Gasteiger partial charge in [0.05, 0.1) is 6.54 Å². The molecule has 1 heterocycles. The Balaban J connectivity index is 2.84. The molecule has 1 rings (SSSR count). The molecule has 0 unspecified atom stereocenters. The number of nitrogens with two attached hydrogens (primary N) is 1. The fourth-order valence-corrected chi connectivity index (χ4v) is 2.30. The summed E-state index contributed by atoms with van der Waals surface area (Å²) in [6, 6.07) is 0. The number of amides is 1. The van der Waals surface area contributed by atoms with Crippen molar-refractivity contribution in [2.75, 3.05) is 37.0 Å². The molecule has 1 amide bonds. The van der Waals surface area contributed by atoms with Crippen molar-refractivity contribution in [2.24, 2.45) is 5.84 Å². The molecule has 1 aromatic heterocycles. The summed E-state index contributed by atoms with van der Waals surface area (Å²) in [7, 11) is 1.80. The number of hydrazine groups is 1. The van der Waals surface area contributed by atoms with Crippen LogP contribution < -0.4 is 16.2 Å². The van der Waals surface area contributed by atoms with Gasteiger partial charge in [-0.1, -0.05) is 0 Å². The number of nitrogens with one attached hydrogen (secondary N) is 1. The molecule has 0 aliphatic carbocycles. The lowest BCUT2D eigenvalue weighted by molar-refractivity contribution is -0.129. The van der Waals surface area contributed by atoms with Gasteiger partial charge in [-0.3, -0.25) is 4.79 Å². The van der Waals surface area contributed by atoms with Crippen LogP contribution in [0.4, 0.5) is 11.6 Å². The van der Waals surface area contributed by atoms with E-state index in [1.165, 1.54) is 6.33 Å². The Kier molecular flexibility index (Phi) is 5.97. The lowest BCUT2D eigenvalue weighted by atomic mass is 10.4. The molecule has 106 valence electrons. The summed E-state index contributed by atoms with van der Waals surface area (Å²) in [4.78, 5) is 23.7. The predicted octanol–water partition coefficient (Wildman–Crippen LogP) is 0.829. The molecule has 0 fully saturated rings.